The third-order valence-corrected chi connectivity index (χ3v) is 4.17. The third-order valence-electron chi connectivity index (χ3n) is 3.85. The molecular formula is C19H16N4O2S. The highest BCUT2D eigenvalue weighted by atomic mass is 32.1. The van der Waals surface area contributed by atoms with E-state index in [1.807, 2.05) is 30.3 Å². The summed E-state index contributed by atoms with van der Waals surface area (Å²) in [5.74, 6) is -0.420. The maximum atomic E-state index is 12.6. The predicted molar refractivity (Wildman–Crippen MR) is 103 cm³/mol. The Balaban J connectivity index is 1.96. The van der Waals surface area contributed by atoms with Gasteiger partial charge in [-0.2, -0.15) is 0 Å². The zero-order valence-electron chi connectivity index (χ0n) is 14.1. The van der Waals surface area contributed by atoms with Crippen LogP contribution in [0.25, 0.3) is 17.5 Å². The van der Waals surface area contributed by atoms with Gasteiger partial charge in [0.25, 0.3) is 11.8 Å². The van der Waals surface area contributed by atoms with Gasteiger partial charge in [0.1, 0.15) is 5.57 Å². The Kier molecular flexibility index (Phi) is 4.99. The van der Waals surface area contributed by atoms with Crippen LogP contribution in [0.15, 0.2) is 54.8 Å². The van der Waals surface area contributed by atoms with Gasteiger partial charge >= 0.3 is 0 Å². The summed E-state index contributed by atoms with van der Waals surface area (Å²) in [6.07, 6.45) is 4.63. The van der Waals surface area contributed by atoms with Crippen molar-refractivity contribution >= 4 is 35.2 Å². The van der Waals surface area contributed by atoms with Crippen LogP contribution in [0, 0.1) is 6.92 Å². The molecule has 0 atom stereocenters. The summed E-state index contributed by atoms with van der Waals surface area (Å²) in [5, 5.41) is 2.59. The lowest BCUT2D eigenvalue weighted by Gasteiger charge is -2.27. The van der Waals surface area contributed by atoms with Crippen molar-refractivity contribution < 1.29 is 9.59 Å². The topological polar surface area (TPSA) is 75.2 Å². The number of aromatic nitrogens is 2. The normalized spacial score (nSPS) is 16.0. The van der Waals surface area contributed by atoms with E-state index in [9.17, 15) is 9.59 Å². The lowest BCUT2D eigenvalue weighted by molar-refractivity contribution is -0.128. The van der Waals surface area contributed by atoms with E-state index in [0.29, 0.717) is 17.1 Å². The Hall–Kier alpha value is -3.19. The molecule has 6 nitrogen and oxygen atoms in total. The number of thiocarbonyl (C=S) groups is 1. The SMILES string of the molecule is C=CCN1C(=O)/C(=C/c2cnc(-c3ccccc3)nc2C)C(=O)NC1=S. The second-order valence-corrected chi connectivity index (χ2v) is 6.01. The maximum Gasteiger partial charge on any atom is 0.265 e. The van der Waals surface area contributed by atoms with Crippen LogP contribution in [0.5, 0.6) is 0 Å². The van der Waals surface area contributed by atoms with Crippen molar-refractivity contribution in [2.24, 2.45) is 0 Å². The van der Waals surface area contributed by atoms with Crippen molar-refractivity contribution in [1.29, 1.82) is 0 Å². The molecule has 2 heterocycles. The van der Waals surface area contributed by atoms with E-state index in [1.54, 1.807) is 19.2 Å². The number of hydrogen-bond acceptors (Lipinski definition) is 5. The van der Waals surface area contributed by atoms with Crippen molar-refractivity contribution in [2.75, 3.05) is 6.54 Å². The lowest BCUT2D eigenvalue weighted by atomic mass is 10.1. The number of benzene rings is 1. The minimum absolute atomic E-state index is 0.0142. The van der Waals surface area contributed by atoms with E-state index in [-0.39, 0.29) is 17.2 Å². The molecule has 0 radical (unpaired) electrons. The predicted octanol–water partition coefficient (Wildman–Crippen LogP) is 2.26. The number of hydrogen-bond donors (Lipinski definition) is 1. The van der Waals surface area contributed by atoms with Gasteiger partial charge in [-0.3, -0.25) is 19.8 Å². The Morgan fingerprint density at radius 3 is 2.65 bits per heavy atom. The third kappa shape index (κ3) is 3.43. The van der Waals surface area contributed by atoms with E-state index in [0.717, 1.165) is 5.56 Å². The zero-order chi connectivity index (χ0) is 18.7. The number of amides is 2. The first-order valence-electron chi connectivity index (χ1n) is 7.90. The molecule has 1 N–H and O–H groups in total. The molecule has 1 fully saturated rings. The minimum atomic E-state index is -0.535. The number of carbonyl (C=O) groups is 2. The molecule has 7 heteroatoms. The average molecular weight is 364 g/mol. The smallest absolute Gasteiger partial charge is 0.265 e. The molecule has 0 unspecified atom stereocenters. The first-order valence-corrected chi connectivity index (χ1v) is 8.31. The molecule has 2 aromatic rings. The van der Waals surface area contributed by atoms with Crippen LogP contribution in [0.3, 0.4) is 0 Å². The van der Waals surface area contributed by atoms with Gasteiger partial charge in [-0.25, -0.2) is 9.97 Å². The van der Waals surface area contributed by atoms with Crippen molar-refractivity contribution in [3.05, 3.63) is 66.0 Å². The van der Waals surface area contributed by atoms with E-state index >= 15 is 0 Å². The molecule has 0 aliphatic carbocycles. The Labute approximate surface area is 156 Å². The van der Waals surface area contributed by atoms with E-state index in [1.165, 1.54) is 11.0 Å². The summed E-state index contributed by atoms with van der Waals surface area (Å²) >= 11 is 5.03. The lowest BCUT2D eigenvalue weighted by Crippen LogP contribution is -2.53. The van der Waals surface area contributed by atoms with Gasteiger partial charge in [-0.05, 0) is 25.2 Å². The second kappa shape index (κ2) is 7.37. The van der Waals surface area contributed by atoms with Gasteiger partial charge in [-0.1, -0.05) is 36.4 Å². The van der Waals surface area contributed by atoms with Gasteiger partial charge < -0.3 is 0 Å². The molecule has 1 aromatic heterocycles. The van der Waals surface area contributed by atoms with Crippen LogP contribution >= 0.6 is 12.2 Å². The second-order valence-electron chi connectivity index (χ2n) is 5.62. The van der Waals surface area contributed by atoms with E-state index in [2.05, 4.69) is 21.9 Å². The molecule has 1 aliphatic rings. The maximum absolute atomic E-state index is 12.6. The number of nitrogens with zero attached hydrogens (tertiary/aromatic N) is 3. The molecular weight excluding hydrogens is 348 g/mol. The highest BCUT2D eigenvalue weighted by Gasteiger charge is 2.32. The van der Waals surface area contributed by atoms with Gasteiger partial charge in [0, 0.05) is 29.6 Å². The minimum Gasteiger partial charge on any atom is -0.298 e. The molecule has 130 valence electrons. The Bertz CT molecular complexity index is 938. The molecule has 0 spiro atoms. The van der Waals surface area contributed by atoms with Crippen LogP contribution in [0.4, 0.5) is 0 Å². The van der Waals surface area contributed by atoms with Crippen molar-refractivity contribution in [3.8, 4) is 11.4 Å². The van der Waals surface area contributed by atoms with Gasteiger partial charge in [0.15, 0.2) is 10.9 Å². The molecule has 26 heavy (non-hydrogen) atoms. The van der Waals surface area contributed by atoms with E-state index < -0.39 is 11.8 Å². The molecule has 1 saturated heterocycles. The van der Waals surface area contributed by atoms with Crippen molar-refractivity contribution in [2.45, 2.75) is 6.92 Å². The Morgan fingerprint density at radius 2 is 2.00 bits per heavy atom. The van der Waals surface area contributed by atoms with E-state index in [4.69, 9.17) is 12.2 Å². The van der Waals surface area contributed by atoms with Crippen LogP contribution in [0.2, 0.25) is 0 Å². The van der Waals surface area contributed by atoms with Crippen molar-refractivity contribution in [1.82, 2.24) is 20.2 Å². The van der Waals surface area contributed by atoms with Crippen molar-refractivity contribution in [3.63, 3.8) is 0 Å². The van der Waals surface area contributed by atoms with Crippen LogP contribution in [0.1, 0.15) is 11.3 Å². The largest absolute Gasteiger partial charge is 0.298 e. The quantitative estimate of drug-likeness (QED) is 0.390. The standard InChI is InChI=1S/C19H16N4O2S/c1-3-9-23-18(25)15(17(24)22-19(23)26)10-14-11-20-16(21-12(14)2)13-7-5-4-6-8-13/h3-8,10-11H,1,9H2,2H3,(H,22,24,26)/b15-10+. The first-order chi connectivity index (χ1) is 12.5. The Morgan fingerprint density at radius 1 is 1.27 bits per heavy atom. The summed E-state index contributed by atoms with van der Waals surface area (Å²) in [6, 6.07) is 9.57. The molecule has 1 aromatic carbocycles. The van der Waals surface area contributed by atoms with Gasteiger partial charge in [0.05, 0.1) is 0 Å². The molecule has 0 bridgehead atoms. The first kappa shape index (κ1) is 17.6. The summed E-state index contributed by atoms with van der Waals surface area (Å²) in [4.78, 5) is 34.8. The number of nitrogens with one attached hydrogen (secondary N) is 1. The number of aryl methyl sites for hydroxylation is 1. The highest BCUT2D eigenvalue weighted by Crippen LogP contribution is 2.19. The monoisotopic (exact) mass is 364 g/mol. The van der Waals surface area contributed by atoms with Crippen LogP contribution < -0.4 is 5.32 Å². The van der Waals surface area contributed by atoms with Gasteiger partial charge in [-0.15, -0.1) is 6.58 Å². The summed E-state index contributed by atoms with van der Waals surface area (Å²) in [5.41, 5.74) is 2.13. The van der Waals surface area contributed by atoms with Crippen LogP contribution in [-0.2, 0) is 9.59 Å². The molecule has 2 amide bonds. The molecule has 0 saturated carbocycles. The van der Waals surface area contributed by atoms with Crippen LogP contribution in [-0.4, -0.2) is 38.3 Å². The molecule has 3 rings (SSSR count). The highest BCUT2D eigenvalue weighted by molar-refractivity contribution is 7.80. The zero-order valence-corrected chi connectivity index (χ0v) is 14.9. The fourth-order valence-corrected chi connectivity index (χ4v) is 2.74. The summed E-state index contributed by atoms with van der Waals surface area (Å²) in [6.45, 7) is 5.62. The number of rotatable bonds is 4. The van der Waals surface area contributed by atoms with Gasteiger partial charge in [0.2, 0.25) is 0 Å². The fourth-order valence-electron chi connectivity index (χ4n) is 2.49. The summed E-state index contributed by atoms with van der Waals surface area (Å²) < 4.78 is 0. The fraction of sp³-hybridized carbons (Fsp3) is 0.105. The number of carbonyl (C=O) groups excluding carboxylic acids is 2. The average Bonchev–Trinajstić information content (AvgIpc) is 2.64. The summed E-state index contributed by atoms with van der Waals surface area (Å²) in [7, 11) is 0. The molecule has 1 aliphatic heterocycles.